The normalized spacial score (nSPS) is 21.6. The zero-order valence-electron chi connectivity index (χ0n) is 12.2. The average Bonchev–Trinajstić information content (AvgIpc) is 3.22. The van der Waals surface area contributed by atoms with Gasteiger partial charge in [-0.3, -0.25) is 9.69 Å². The summed E-state index contributed by atoms with van der Waals surface area (Å²) in [5.74, 6) is 1.19. The maximum Gasteiger partial charge on any atom is 0.236 e. The summed E-state index contributed by atoms with van der Waals surface area (Å²) in [6.07, 6.45) is 3.73. The molecule has 0 spiro atoms. The Morgan fingerprint density at radius 2 is 1.84 bits per heavy atom. The molecule has 2 aliphatic rings. The molecular weight excluding hydrogens is 240 g/mol. The number of nitrogens with zero attached hydrogens (tertiary/aromatic N) is 3. The van der Waals surface area contributed by atoms with Gasteiger partial charge in [-0.1, -0.05) is 0 Å². The Morgan fingerprint density at radius 1 is 1.21 bits per heavy atom. The molecule has 2 fully saturated rings. The van der Waals surface area contributed by atoms with Gasteiger partial charge in [0.05, 0.1) is 6.54 Å². The van der Waals surface area contributed by atoms with Gasteiger partial charge >= 0.3 is 0 Å². The van der Waals surface area contributed by atoms with Crippen LogP contribution in [-0.2, 0) is 4.79 Å². The quantitative estimate of drug-likeness (QED) is 0.696. The smallest absolute Gasteiger partial charge is 0.236 e. The van der Waals surface area contributed by atoms with Crippen molar-refractivity contribution in [2.75, 3.05) is 59.4 Å². The Balaban J connectivity index is 1.62. The molecule has 110 valence electrons. The van der Waals surface area contributed by atoms with Crippen molar-refractivity contribution in [2.45, 2.75) is 19.3 Å². The van der Waals surface area contributed by atoms with E-state index in [1.807, 2.05) is 11.9 Å². The van der Waals surface area contributed by atoms with Gasteiger partial charge in [0.25, 0.3) is 0 Å². The molecule has 5 heteroatoms. The molecule has 0 unspecified atom stereocenters. The first kappa shape index (κ1) is 14.8. The second-order valence-electron chi connectivity index (χ2n) is 5.98. The summed E-state index contributed by atoms with van der Waals surface area (Å²) in [4.78, 5) is 18.7. The van der Waals surface area contributed by atoms with Gasteiger partial charge in [0.1, 0.15) is 0 Å². The highest BCUT2D eigenvalue weighted by atomic mass is 16.2. The van der Waals surface area contributed by atoms with Crippen LogP contribution in [0.3, 0.4) is 0 Å². The zero-order chi connectivity index (χ0) is 13.7. The maximum absolute atomic E-state index is 12.0. The van der Waals surface area contributed by atoms with E-state index in [0.717, 1.165) is 45.1 Å². The zero-order valence-corrected chi connectivity index (χ0v) is 12.2. The largest absolute Gasteiger partial charge is 0.345 e. The standard InChI is InChI=1S/C14H28N4O/c1-16(6-2-5-15)14(19)12-18-9-7-17(8-10-18)11-13-3-4-13/h13H,2-12,15H2,1H3. The maximum atomic E-state index is 12.0. The number of rotatable bonds is 7. The minimum Gasteiger partial charge on any atom is -0.345 e. The van der Waals surface area contributed by atoms with Gasteiger partial charge in [0.2, 0.25) is 5.91 Å². The minimum atomic E-state index is 0.226. The number of piperazine rings is 1. The lowest BCUT2D eigenvalue weighted by atomic mass is 10.2. The van der Waals surface area contributed by atoms with Crippen molar-refractivity contribution >= 4 is 5.91 Å². The lowest BCUT2D eigenvalue weighted by molar-refractivity contribution is -0.131. The molecule has 2 N–H and O–H groups in total. The van der Waals surface area contributed by atoms with Crippen molar-refractivity contribution in [3.63, 3.8) is 0 Å². The summed E-state index contributed by atoms with van der Waals surface area (Å²) in [5, 5.41) is 0. The van der Waals surface area contributed by atoms with Crippen LogP contribution >= 0.6 is 0 Å². The summed E-state index contributed by atoms with van der Waals surface area (Å²) in [5.41, 5.74) is 5.47. The summed E-state index contributed by atoms with van der Waals surface area (Å²) in [7, 11) is 1.88. The summed E-state index contributed by atoms with van der Waals surface area (Å²) in [6.45, 7) is 7.57. The second kappa shape index (κ2) is 7.22. The molecule has 1 saturated heterocycles. The third kappa shape index (κ3) is 5.09. The molecule has 0 aromatic heterocycles. The van der Waals surface area contributed by atoms with Crippen molar-refractivity contribution < 1.29 is 4.79 Å². The monoisotopic (exact) mass is 268 g/mol. The first-order valence-corrected chi connectivity index (χ1v) is 7.58. The van der Waals surface area contributed by atoms with Crippen LogP contribution in [0.2, 0.25) is 0 Å². The van der Waals surface area contributed by atoms with E-state index < -0.39 is 0 Å². The number of carbonyl (C=O) groups excluding carboxylic acids is 1. The molecule has 1 aliphatic carbocycles. The second-order valence-corrected chi connectivity index (χ2v) is 5.98. The van der Waals surface area contributed by atoms with Crippen molar-refractivity contribution in [2.24, 2.45) is 11.7 Å². The van der Waals surface area contributed by atoms with Gasteiger partial charge in [0, 0.05) is 46.3 Å². The molecular formula is C14H28N4O. The highest BCUT2D eigenvalue weighted by Gasteiger charge is 2.27. The van der Waals surface area contributed by atoms with Crippen LogP contribution in [0.1, 0.15) is 19.3 Å². The van der Waals surface area contributed by atoms with E-state index in [2.05, 4.69) is 9.80 Å². The lowest BCUT2D eigenvalue weighted by Gasteiger charge is -2.35. The van der Waals surface area contributed by atoms with E-state index in [0.29, 0.717) is 13.1 Å². The number of amides is 1. The van der Waals surface area contributed by atoms with Gasteiger partial charge in [-0.15, -0.1) is 0 Å². The topological polar surface area (TPSA) is 52.8 Å². The Kier molecular flexibility index (Phi) is 5.60. The fourth-order valence-electron chi connectivity index (χ4n) is 2.56. The van der Waals surface area contributed by atoms with E-state index in [4.69, 9.17) is 5.73 Å². The van der Waals surface area contributed by atoms with Gasteiger partial charge in [0.15, 0.2) is 0 Å². The first-order valence-electron chi connectivity index (χ1n) is 7.58. The summed E-state index contributed by atoms with van der Waals surface area (Å²) < 4.78 is 0. The van der Waals surface area contributed by atoms with Crippen LogP contribution in [-0.4, -0.2) is 80.0 Å². The number of carbonyl (C=O) groups is 1. The number of hydrogen-bond donors (Lipinski definition) is 1. The molecule has 0 atom stereocenters. The SMILES string of the molecule is CN(CCCN)C(=O)CN1CCN(CC2CC2)CC1. The fourth-order valence-corrected chi connectivity index (χ4v) is 2.56. The van der Waals surface area contributed by atoms with Crippen LogP contribution in [0.4, 0.5) is 0 Å². The Hall–Kier alpha value is -0.650. The summed E-state index contributed by atoms with van der Waals surface area (Å²) >= 11 is 0. The van der Waals surface area contributed by atoms with E-state index >= 15 is 0 Å². The summed E-state index contributed by atoms with van der Waals surface area (Å²) in [6, 6.07) is 0. The molecule has 0 aromatic carbocycles. The molecule has 19 heavy (non-hydrogen) atoms. The van der Waals surface area contributed by atoms with Gasteiger partial charge < -0.3 is 15.5 Å². The average molecular weight is 268 g/mol. The lowest BCUT2D eigenvalue weighted by Crippen LogP contribution is -2.50. The third-order valence-electron chi connectivity index (χ3n) is 4.16. The van der Waals surface area contributed by atoms with Crippen LogP contribution in [0.25, 0.3) is 0 Å². The molecule has 5 nitrogen and oxygen atoms in total. The molecule has 0 bridgehead atoms. The number of nitrogens with two attached hydrogens (primary N) is 1. The predicted molar refractivity (Wildman–Crippen MR) is 76.9 cm³/mol. The number of hydrogen-bond acceptors (Lipinski definition) is 4. The Bertz CT molecular complexity index is 285. The molecule has 2 rings (SSSR count). The fraction of sp³-hybridized carbons (Fsp3) is 0.929. The minimum absolute atomic E-state index is 0.226. The third-order valence-corrected chi connectivity index (χ3v) is 4.16. The Morgan fingerprint density at radius 3 is 2.42 bits per heavy atom. The van der Waals surface area contributed by atoms with Gasteiger partial charge in [-0.25, -0.2) is 0 Å². The van der Waals surface area contributed by atoms with Crippen LogP contribution in [0, 0.1) is 5.92 Å². The van der Waals surface area contributed by atoms with Gasteiger partial charge in [-0.05, 0) is 31.7 Å². The molecule has 1 heterocycles. The first-order chi connectivity index (χ1) is 9.19. The van der Waals surface area contributed by atoms with Crippen LogP contribution in [0.15, 0.2) is 0 Å². The van der Waals surface area contributed by atoms with Crippen molar-refractivity contribution in [1.82, 2.24) is 14.7 Å². The van der Waals surface area contributed by atoms with E-state index in [1.54, 1.807) is 0 Å². The molecule has 1 aliphatic heterocycles. The van der Waals surface area contributed by atoms with Crippen molar-refractivity contribution in [1.29, 1.82) is 0 Å². The van der Waals surface area contributed by atoms with E-state index in [1.165, 1.54) is 19.4 Å². The molecule has 1 saturated carbocycles. The molecule has 1 amide bonds. The van der Waals surface area contributed by atoms with Crippen LogP contribution in [0.5, 0.6) is 0 Å². The highest BCUT2D eigenvalue weighted by Crippen LogP contribution is 2.29. The predicted octanol–water partition coefficient (Wildman–Crippen LogP) is -0.179. The van der Waals surface area contributed by atoms with Crippen molar-refractivity contribution in [3.05, 3.63) is 0 Å². The van der Waals surface area contributed by atoms with Gasteiger partial charge in [-0.2, -0.15) is 0 Å². The highest BCUT2D eigenvalue weighted by molar-refractivity contribution is 5.77. The molecule has 0 aromatic rings. The number of likely N-dealkylation sites (N-methyl/N-ethyl adjacent to an activating group) is 1. The Labute approximate surface area is 116 Å². The van der Waals surface area contributed by atoms with Crippen LogP contribution < -0.4 is 5.73 Å². The van der Waals surface area contributed by atoms with E-state index in [-0.39, 0.29) is 5.91 Å². The van der Waals surface area contributed by atoms with E-state index in [9.17, 15) is 4.79 Å². The molecule has 0 radical (unpaired) electrons. The van der Waals surface area contributed by atoms with Crippen molar-refractivity contribution in [3.8, 4) is 0 Å².